The predicted octanol–water partition coefficient (Wildman–Crippen LogP) is 2.11. The van der Waals surface area contributed by atoms with Crippen molar-refractivity contribution in [2.75, 3.05) is 6.54 Å². The van der Waals surface area contributed by atoms with Crippen LogP contribution in [0.5, 0.6) is 5.75 Å². The molecule has 0 atom stereocenters. The molecule has 4 N–H and O–H groups in total. The first-order valence-electron chi connectivity index (χ1n) is 6.96. The largest absolute Gasteiger partial charge is 0.502 e. The van der Waals surface area contributed by atoms with Crippen molar-refractivity contribution in [3.63, 3.8) is 0 Å². The van der Waals surface area contributed by atoms with Crippen molar-refractivity contribution >= 4 is 24.0 Å². The summed E-state index contributed by atoms with van der Waals surface area (Å²) >= 11 is 0. The minimum atomic E-state index is -0.700. The fourth-order valence-electron chi connectivity index (χ4n) is 2.61. The Kier molecular flexibility index (Phi) is 6.13. The first kappa shape index (κ1) is 18.2. The lowest BCUT2D eigenvalue weighted by atomic mass is 9.82. The number of hydrogen-bond donors (Lipinski definition) is 3. The lowest BCUT2D eigenvalue weighted by molar-refractivity contribution is -0.385. The number of nitrogens with one attached hydrogen (secondary N) is 1. The van der Waals surface area contributed by atoms with Gasteiger partial charge in [0.2, 0.25) is 0 Å². The number of amides is 1. The minimum absolute atomic E-state index is 0. The van der Waals surface area contributed by atoms with Crippen LogP contribution in [0.25, 0.3) is 0 Å². The zero-order valence-corrected chi connectivity index (χ0v) is 12.9. The maximum atomic E-state index is 12.0. The van der Waals surface area contributed by atoms with Crippen LogP contribution in [-0.4, -0.2) is 28.0 Å². The number of phenolic OH excluding ortho intramolecular Hbond substituents is 1. The molecule has 0 saturated heterocycles. The van der Waals surface area contributed by atoms with Crippen molar-refractivity contribution in [1.29, 1.82) is 0 Å². The maximum absolute atomic E-state index is 12.0. The van der Waals surface area contributed by atoms with Gasteiger partial charge in [-0.25, -0.2) is 0 Å². The summed E-state index contributed by atoms with van der Waals surface area (Å²) in [5, 5.41) is 22.9. The van der Waals surface area contributed by atoms with Crippen molar-refractivity contribution in [1.82, 2.24) is 5.32 Å². The van der Waals surface area contributed by atoms with E-state index < -0.39 is 22.3 Å². The Bertz CT molecular complexity index is 559. The lowest BCUT2D eigenvalue weighted by Crippen LogP contribution is -2.51. The van der Waals surface area contributed by atoms with Crippen LogP contribution in [0.1, 0.15) is 42.5 Å². The van der Waals surface area contributed by atoms with Gasteiger partial charge in [-0.1, -0.05) is 19.3 Å². The quantitative estimate of drug-likeness (QED) is 0.577. The number of halogens is 1. The molecule has 0 aromatic heterocycles. The van der Waals surface area contributed by atoms with E-state index >= 15 is 0 Å². The van der Waals surface area contributed by atoms with Crippen LogP contribution in [-0.2, 0) is 0 Å². The number of phenols is 1. The Morgan fingerprint density at radius 1 is 1.36 bits per heavy atom. The molecule has 0 spiro atoms. The molecule has 0 aliphatic heterocycles. The fraction of sp³-hybridized carbons (Fsp3) is 0.500. The van der Waals surface area contributed by atoms with Crippen LogP contribution < -0.4 is 11.1 Å². The molecule has 0 unspecified atom stereocenters. The number of nitrogens with zero attached hydrogens (tertiary/aromatic N) is 1. The van der Waals surface area contributed by atoms with Gasteiger partial charge in [0.25, 0.3) is 5.91 Å². The monoisotopic (exact) mass is 329 g/mol. The van der Waals surface area contributed by atoms with E-state index in [0.717, 1.165) is 37.8 Å². The molecule has 1 aromatic rings. The number of carbonyl (C=O) groups is 1. The lowest BCUT2D eigenvalue weighted by Gasteiger charge is -2.33. The Morgan fingerprint density at radius 2 is 2.00 bits per heavy atom. The molecule has 1 aliphatic rings. The Hall–Kier alpha value is -1.86. The Labute approximate surface area is 134 Å². The van der Waals surface area contributed by atoms with Gasteiger partial charge >= 0.3 is 5.69 Å². The third kappa shape index (κ3) is 4.32. The van der Waals surface area contributed by atoms with Crippen molar-refractivity contribution in [2.24, 2.45) is 5.73 Å². The van der Waals surface area contributed by atoms with Gasteiger partial charge in [0.15, 0.2) is 5.75 Å². The van der Waals surface area contributed by atoms with Crippen LogP contribution in [0.2, 0.25) is 0 Å². The van der Waals surface area contributed by atoms with E-state index in [9.17, 15) is 20.0 Å². The summed E-state index contributed by atoms with van der Waals surface area (Å²) in [5.74, 6) is -0.914. The van der Waals surface area contributed by atoms with Gasteiger partial charge in [-0.2, -0.15) is 0 Å². The molecule has 7 nitrogen and oxygen atoms in total. The number of rotatable bonds is 4. The number of benzene rings is 1. The first-order chi connectivity index (χ1) is 9.91. The van der Waals surface area contributed by atoms with Gasteiger partial charge in [0, 0.05) is 23.7 Å². The maximum Gasteiger partial charge on any atom is 0.310 e. The van der Waals surface area contributed by atoms with Crippen LogP contribution >= 0.6 is 12.4 Å². The number of aromatic hydroxyl groups is 1. The number of hydrogen-bond acceptors (Lipinski definition) is 5. The zero-order chi connectivity index (χ0) is 15.5. The first-order valence-corrected chi connectivity index (χ1v) is 6.96. The average molecular weight is 330 g/mol. The van der Waals surface area contributed by atoms with E-state index in [4.69, 9.17) is 5.73 Å². The standard InChI is InChI=1S/C14H19N3O4.ClH/c15-14(6-2-1-3-7-14)9-16-13(19)10-4-5-11(17(20)21)12(18)8-10;/h4-5,8,18H,1-3,6-7,9,15H2,(H,16,19);1H. The highest BCUT2D eigenvalue weighted by atomic mass is 35.5. The third-order valence-electron chi connectivity index (χ3n) is 3.88. The van der Waals surface area contributed by atoms with Crippen molar-refractivity contribution in [3.05, 3.63) is 33.9 Å². The molecule has 122 valence electrons. The smallest absolute Gasteiger partial charge is 0.310 e. The fourth-order valence-corrected chi connectivity index (χ4v) is 2.61. The number of nitro benzene ring substituents is 1. The van der Waals surface area contributed by atoms with Crippen molar-refractivity contribution in [3.8, 4) is 5.75 Å². The molecule has 1 fully saturated rings. The molecular weight excluding hydrogens is 310 g/mol. The third-order valence-corrected chi connectivity index (χ3v) is 3.88. The van der Waals surface area contributed by atoms with E-state index in [1.165, 1.54) is 12.5 Å². The van der Waals surface area contributed by atoms with Gasteiger partial charge in [-0.15, -0.1) is 12.4 Å². The second kappa shape index (κ2) is 7.42. The Morgan fingerprint density at radius 3 is 2.55 bits per heavy atom. The minimum Gasteiger partial charge on any atom is -0.502 e. The highest BCUT2D eigenvalue weighted by Gasteiger charge is 2.28. The topological polar surface area (TPSA) is 118 Å². The molecule has 1 aliphatic carbocycles. The van der Waals surface area contributed by atoms with Gasteiger partial charge in [0.1, 0.15) is 0 Å². The summed E-state index contributed by atoms with van der Waals surface area (Å²) in [6, 6.07) is 3.53. The molecule has 0 heterocycles. The predicted molar refractivity (Wildman–Crippen MR) is 84.3 cm³/mol. The normalized spacial score (nSPS) is 16.4. The van der Waals surface area contributed by atoms with E-state index in [1.807, 2.05) is 0 Å². The summed E-state index contributed by atoms with van der Waals surface area (Å²) in [6.07, 6.45) is 5.04. The summed E-state index contributed by atoms with van der Waals surface area (Å²) in [4.78, 5) is 21.9. The molecule has 2 rings (SSSR count). The van der Waals surface area contributed by atoms with Crippen LogP contribution in [0.15, 0.2) is 18.2 Å². The van der Waals surface area contributed by atoms with E-state index in [2.05, 4.69) is 5.32 Å². The number of nitro groups is 1. The van der Waals surface area contributed by atoms with Crippen LogP contribution in [0.3, 0.4) is 0 Å². The van der Waals surface area contributed by atoms with Gasteiger partial charge in [0.05, 0.1) is 4.92 Å². The SMILES string of the molecule is Cl.NC1(CNC(=O)c2ccc([N+](=O)[O-])c(O)c2)CCCCC1. The highest BCUT2D eigenvalue weighted by molar-refractivity contribution is 5.95. The zero-order valence-electron chi connectivity index (χ0n) is 12.1. The van der Waals surface area contributed by atoms with Crippen LogP contribution in [0, 0.1) is 10.1 Å². The van der Waals surface area contributed by atoms with E-state index in [0.29, 0.717) is 6.54 Å². The van der Waals surface area contributed by atoms with Crippen molar-refractivity contribution in [2.45, 2.75) is 37.6 Å². The van der Waals surface area contributed by atoms with Gasteiger partial charge in [-0.05, 0) is 25.0 Å². The summed E-state index contributed by atoms with van der Waals surface area (Å²) in [6.45, 7) is 0.365. The number of carbonyl (C=O) groups excluding carboxylic acids is 1. The highest BCUT2D eigenvalue weighted by Crippen LogP contribution is 2.27. The Balaban J connectivity index is 0.00000242. The second-order valence-corrected chi connectivity index (χ2v) is 5.57. The molecule has 1 amide bonds. The van der Waals surface area contributed by atoms with E-state index in [-0.39, 0.29) is 23.5 Å². The molecule has 0 bridgehead atoms. The van der Waals surface area contributed by atoms with Crippen LogP contribution in [0.4, 0.5) is 5.69 Å². The molecule has 1 aromatic carbocycles. The summed E-state index contributed by atoms with van der Waals surface area (Å²) in [5.41, 5.74) is 5.60. The molecule has 0 radical (unpaired) electrons. The second-order valence-electron chi connectivity index (χ2n) is 5.57. The molecule has 1 saturated carbocycles. The van der Waals surface area contributed by atoms with Crippen molar-refractivity contribution < 1.29 is 14.8 Å². The van der Waals surface area contributed by atoms with Gasteiger partial charge in [-0.3, -0.25) is 14.9 Å². The molecular formula is C14H20ClN3O4. The average Bonchev–Trinajstić information content (AvgIpc) is 2.45. The molecule has 22 heavy (non-hydrogen) atoms. The van der Waals surface area contributed by atoms with E-state index in [1.54, 1.807) is 0 Å². The summed E-state index contributed by atoms with van der Waals surface area (Å²) < 4.78 is 0. The summed E-state index contributed by atoms with van der Waals surface area (Å²) in [7, 11) is 0. The number of nitrogens with two attached hydrogens (primary N) is 1. The van der Waals surface area contributed by atoms with Gasteiger partial charge < -0.3 is 16.2 Å². The molecule has 8 heteroatoms.